The van der Waals surface area contributed by atoms with E-state index in [0.717, 1.165) is 28.0 Å². The quantitative estimate of drug-likeness (QED) is 0.562. The number of benzene rings is 1. The Hall–Kier alpha value is -2.05. The summed E-state index contributed by atoms with van der Waals surface area (Å²) in [6, 6.07) is 5.84. The molecule has 0 bridgehead atoms. The average Bonchev–Trinajstić information content (AvgIpc) is 2.98. The lowest BCUT2D eigenvalue weighted by Gasteiger charge is -2.27. The predicted molar refractivity (Wildman–Crippen MR) is 95.6 cm³/mol. The van der Waals surface area contributed by atoms with E-state index in [1.807, 2.05) is 29.4 Å². The van der Waals surface area contributed by atoms with E-state index in [0.29, 0.717) is 23.8 Å². The third kappa shape index (κ3) is 2.65. The molecule has 1 N–H and O–H groups in total. The van der Waals surface area contributed by atoms with Crippen LogP contribution in [0.15, 0.2) is 35.7 Å². The number of nitrogens with one attached hydrogen (secondary N) is 1. The summed E-state index contributed by atoms with van der Waals surface area (Å²) in [6.07, 6.45) is 5.92. The zero-order valence-corrected chi connectivity index (χ0v) is 14.6. The lowest BCUT2D eigenvalue weighted by Crippen LogP contribution is -2.36. The van der Waals surface area contributed by atoms with Crippen molar-refractivity contribution in [1.82, 2.24) is 19.9 Å². The number of thioether (sulfide) groups is 1. The van der Waals surface area contributed by atoms with Crippen LogP contribution in [0.5, 0.6) is 0 Å². The zero-order chi connectivity index (χ0) is 16.7. The van der Waals surface area contributed by atoms with E-state index in [9.17, 15) is 4.79 Å². The van der Waals surface area contributed by atoms with Crippen LogP contribution in [-0.2, 0) is 13.0 Å². The highest BCUT2D eigenvalue weighted by Crippen LogP contribution is 2.30. The maximum atomic E-state index is 12.7. The number of amides is 1. The minimum atomic E-state index is -0.0370. The van der Waals surface area contributed by atoms with Crippen molar-refractivity contribution in [3.63, 3.8) is 0 Å². The molecule has 0 saturated carbocycles. The molecule has 0 spiro atoms. The van der Waals surface area contributed by atoms with Crippen molar-refractivity contribution in [2.24, 2.45) is 0 Å². The number of carbonyl (C=O) groups excluding carboxylic acids is 1. The lowest BCUT2D eigenvalue weighted by atomic mass is 10.0. The molecule has 3 heterocycles. The summed E-state index contributed by atoms with van der Waals surface area (Å²) in [7, 11) is 0. The van der Waals surface area contributed by atoms with E-state index >= 15 is 0 Å². The van der Waals surface area contributed by atoms with Crippen LogP contribution in [0.2, 0.25) is 5.02 Å². The van der Waals surface area contributed by atoms with Crippen molar-refractivity contribution in [2.75, 3.05) is 12.8 Å². The average molecular weight is 359 g/mol. The number of fused-ring (bicyclic) bond motifs is 3. The van der Waals surface area contributed by atoms with Crippen molar-refractivity contribution < 1.29 is 4.79 Å². The first-order chi connectivity index (χ1) is 11.7. The topological polar surface area (TPSA) is 61.9 Å². The van der Waals surface area contributed by atoms with Crippen LogP contribution >= 0.6 is 23.4 Å². The Labute approximate surface area is 148 Å². The van der Waals surface area contributed by atoms with Gasteiger partial charge < -0.3 is 9.88 Å². The van der Waals surface area contributed by atoms with Crippen LogP contribution in [0, 0.1) is 0 Å². The lowest BCUT2D eigenvalue weighted by molar-refractivity contribution is 0.0732. The minimum absolute atomic E-state index is 0.0370. The number of aromatic nitrogens is 3. The molecule has 7 heteroatoms. The molecule has 1 amide bonds. The van der Waals surface area contributed by atoms with Gasteiger partial charge in [0.25, 0.3) is 5.91 Å². The smallest absolute Gasteiger partial charge is 0.257 e. The van der Waals surface area contributed by atoms with Crippen molar-refractivity contribution in [3.8, 4) is 0 Å². The van der Waals surface area contributed by atoms with Gasteiger partial charge in [-0.1, -0.05) is 23.4 Å². The Kier molecular flexibility index (Phi) is 3.94. The standard InChI is InChI=1S/C17H15ClN4OS/c1-24-17-19-7-10(8-20-17)16(23)22-5-4-12-13-6-11(18)2-3-14(13)21-15(12)9-22/h2-3,6-8,21H,4-5,9H2,1H3. The summed E-state index contributed by atoms with van der Waals surface area (Å²) in [5.74, 6) is -0.0370. The first-order valence-corrected chi connectivity index (χ1v) is 9.20. The zero-order valence-electron chi connectivity index (χ0n) is 13.0. The van der Waals surface area contributed by atoms with Gasteiger partial charge >= 0.3 is 0 Å². The second-order valence-corrected chi connectivity index (χ2v) is 6.92. The minimum Gasteiger partial charge on any atom is -0.357 e. The van der Waals surface area contributed by atoms with E-state index in [1.165, 1.54) is 17.3 Å². The fourth-order valence-corrected chi connectivity index (χ4v) is 3.59. The maximum absolute atomic E-state index is 12.7. The largest absolute Gasteiger partial charge is 0.357 e. The predicted octanol–water partition coefficient (Wildman–Crippen LogP) is 3.53. The molecule has 0 radical (unpaired) electrons. The fraction of sp³-hybridized carbons (Fsp3) is 0.235. The van der Waals surface area contributed by atoms with Crippen LogP contribution in [0.1, 0.15) is 21.6 Å². The van der Waals surface area contributed by atoms with E-state index in [4.69, 9.17) is 11.6 Å². The van der Waals surface area contributed by atoms with Crippen molar-refractivity contribution in [1.29, 1.82) is 0 Å². The normalized spacial score (nSPS) is 14.0. The molecule has 122 valence electrons. The monoisotopic (exact) mass is 358 g/mol. The second kappa shape index (κ2) is 6.11. The molecule has 2 aromatic heterocycles. The number of hydrogen-bond acceptors (Lipinski definition) is 4. The summed E-state index contributed by atoms with van der Waals surface area (Å²) in [5, 5.41) is 2.55. The highest BCUT2D eigenvalue weighted by Gasteiger charge is 2.25. The van der Waals surface area contributed by atoms with Crippen LogP contribution in [0.25, 0.3) is 10.9 Å². The SMILES string of the molecule is CSc1ncc(C(=O)N2CCc3c([nH]c4ccc(Cl)cc34)C2)cn1. The number of aromatic amines is 1. The number of carbonyl (C=O) groups is 1. The van der Waals surface area contributed by atoms with Crippen molar-refractivity contribution in [3.05, 3.63) is 52.4 Å². The van der Waals surface area contributed by atoms with Crippen LogP contribution in [0.4, 0.5) is 0 Å². The second-order valence-electron chi connectivity index (χ2n) is 5.71. The molecule has 0 unspecified atom stereocenters. The number of hydrogen-bond donors (Lipinski definition) is 1. The third-order valence-electron chi connectivity index (χ3n) is 4.28. The molecule has 0 saturated heterocycles. The van der Waals surface area contributed by atoms with Gasteiger partial charge in [-0.25, -0.2) is 9.97 Å². The summed E-state index contributed by atoms with van der Waals surface area (Å²) >= 11 is 7.56. The van der Waals surface area contributed by atoms with Crippen molar-refractivity contribution >= 4 is 40.2 Å². The van der Waals surface area contributed by atoms with E-state index in [2.05, 4.69) is 15.0 Å². The number of rotatable bonds is 2. The Morgan fingerprint density at radius 1 is 1.33 bits per heavy atom. The Bertz CT molecular complexity index is 922. The van der Waals surface area contributed by atoms with Crippen LogP contribution in [0.3, 0.4) is 0 Å². The molecule has 1 aliphatic heterocycles. The van der Waals surface area contributed by atoms with E-state index < -0.39 is 0 Å². The van der Waals surface area contributed by atoms with Crippen LogP contribution in [-0.4, -0.2) is 38.6 Å². The number of H-pyrrole nitrogens is 1. The van der Waals surface area contributed by atoms with Gasteiger partial charge in [0.2, 0.25) is 0 Å². The third-order valence-corrected chi connectivity index (χ3v) is 5.09. The van der Waals surface area contributed by atoms with Gasteiger partial charge in [0, 0.05) is 40.6 Å². The maximum Gasteiger partial charge on any atom is 0.257 e. The van der Waals surface area contributed by atoms with Gasteiger partial charge in [-0.15, -0.1) is 0 Å². The summed E-state index contributed by atoms with van der Waals surface area (Å²) in [5.41, 5.74) is 3.92. The molecular formula is C17H15ClN4OS. The molecule has 3 aromatic rings. The summed E-state index contributed by atoms with van der Waals surface area (Å²) in [4.78, 5) is 26.3. The molecule has 5 nitrogen and oxygen atoms in total. The van der Waals surface area contributed by atoms with Gasteiger partial charge in [-0.3, -0.25) is 4.79 Å². The number of nitrogens with zero attached hydrogens (tertiary/aromatic N) is 3. The Morgan fingerprint density at radius 3 is 2.88 bits per heavy atom. The fourth-order valence-electron chi connectivity index (χ4n) is 3.10. The number of halogens is 1. The van der Waals surface area contributed by atoms with Gasteiger partial charge in [-0.2, -0.15) is 0 Å². The highest BCUT2D eigenvalue weighted by atomic mass is 35.5. The Balaban J connectivity index is 1.61. The molecule has 0 atom stereocenters. The molecule has 24 heavy (non-hydrogen) atoms. The van der Waals surface area contributed by atoms with Crippen molar-refractivity contribution in [2.45, 2.75) is 18.1 Å². The molecular weight excluding hydrogens is 344 g/mol. The molecule has 0 fully saturated rings. The first-order valence-electron chi connectivity index (χ1n) is 7.60. The summed E-state index contributed by atoms with van der Waals surface area (Å²) < 4.78 is 0. The Morgan fingerprint density at radius 2 is 2.12 bits per heavy atom. The van der Waals surface area contributed by atoms with E-state index in [1.54, 1.807) is 12.4 Å². The first kappa shape index (κ1) is 15.5. The van der Waals surface area contributed by atoms with E-state index in [-0.39, 0.29) is 5.91 Å². The van der Waals surface area contributed by atoms with Gasteiger partial charge in [0.1, 0.15) is 0 Å². The molecule has 1 aromatic carbocycles. The van der Waals surface area contributed by atoms with Crippen LogP contribution < -0.4 is 0 Å². The molecule has 4 rings (SSSR count). The van der Waals surface area contributed by atoms with Gasteiger partial charge in [0.05, 0.1) is 12.1 Å². The highest BCUT2D eigenvalue weighted by molar-refractivity contribution is 7.98. The molecule has 1 aliphatic rings. The van der Waals surface area contributed by atoms with Gasteiger partial charge in [-0.05, 0) is 36.4 Å². The molecule has 0 aliphatic carbocycles. The summed E-state index contributed by atoms with van der Waals surface area (Å²) in [6.45, 7) is 1.24. The van der Waals surface area contributed by atoms with Gasteiger partial charge in [0.15, 0.2) is 5.16 Å².